The number of amides is 1. The number of nitrogens with two attached hydrogens (primary N) is 1. The molecular weight excluding hydrogens is 168 g/mol. The van der Waals surface area contributed by atoms with Gasteiger partial charge in [0, 0.05) is 31.8 Å². The van der Waals surface area contributed by atoms with Crippen LogP contribution in [-0.2, 0) is 11.8 Å². The van der Waals surface area contributed by atoms with Gasteiger partial charge in [0.05, 0.1) is 0 Å². The van der Waals surface area contributed by atoms with Crippen molar-refractivity contribution in [3.8, 4) is 0 Å². The molecule has 5 heteroatoms. The van der Waals surface area contributed by atoms with Gasteiger partial charge in [-0.3, -0.25) is 9.48 Å². The van der Waals surface area contributed by atoms with E-state index in [0.717, 1.165) is 0 Å². The van der Waals surface area contributed by atoms with Crippen LogP contribution < -0.4 is 11.1 Å². The second-order valence-electron chi connectivity index (χ2n) is 3.10. The summed E-state index contributed by atoms with van der Waals surface area (Å²) in [6.07, 6.45) is 2.08. The zero-order chi connectivity index (χ0) is 9.84. The van der Waals surface area contributed by atoms with Gasteiger partial charge in [-0.2, -0.15) is 5.10 Å². The van der Waals surface area contributed by atoms with Crippen molar-refractivity contribution >= 4 is 11.7 Å². The standard InChI is InChI=1S/C8H14N4O/c1-6(9)5-8(13)10-7-3-4-12(2)11-7/h3-4,6H,5,9H2,1-2H3,(H,10,11,13). The minimum Gasteiger partial charge on any atom is -0.327 e. The second-order valence-corrected chi connectivity index (χ2v) is 3.10. The molecule has 5 nitrogen and oxygen atoms in total. The minimum absolute atomic E-state index is 0.103. The van der Waals surface area contributed by atoms with E-state index in [9.17, 15) is 4.79 Å². The topological polar surface area (TPSA) is 72.9 Å². The summed E-state index contributed by atoms with van der Waals surface area (Å²) in [5, 5.41) is 6.65. The molecule has 1 unspecified atom stereocenters. The molecule has 0 aliphatic carbocycles. The number of carbonyl (C=O) groups is 1. The van der Waals surface area contributed by atoms with Crippen molar-refractivity contribution in [1.29, 1.82) is 0 Å². The summed E-state index contributed by atoms with van der Waals surface area (Å²) in [4.78, 5) is 11.2. The molecule has 3 N–H and O–H groups in total. The Labute approximate surface area is 76.9 Å². The Hall–Kier alpha value is -1.36. The van der Waals surface area contributed by atoms with E-state index in [0.29, 0.717) is 12.2 Å². The normalized spacial score (nSPS) is 12.5. The van der Waals surface area contributed by atoms with Crippen LogP contribution in [0.15, 0.2) is 12.3 Å². The van der Waals surface area contributed by atoms with Crippen LogP contribution in [0.2, 0.25) is 0 Å². The van der Waals surface area contributed by atoms with Crippen molar-refractivity contribution in [1.82, 2.24) is 9.78 Å². The van der Waals surface area contributed by atoms with Gasteiger partial charge < -0.3 is 11.1 Å². The predicted molar refractivity (Wildman–Crippen MR) is 50.1 cm³/mol. The molecule has 1 rings (SSSR count). The number of carbonyl (C=O) groups excluding carboxylic acids is 1. The van der Waals surface area contributed by atoms with Gasteiger partial charge in [0.15, 0.2) is 5.82 Å². The third-order valence-corrected chi connectivity index (χ3v) is 1.49. The van der Waals surface area contributed by atoms with Gasteiger partial charge in [-0.25, -0.2) is 0 Å². The van der Waals surface area contributed by atoms with Gasteiger partial charge in [0.1, 0.15) is 0 Å². The van der Waals surface area contributed by atoms with Gasteiger partial charge in [-0.15, -0.1) is 0 Å². The van der Waals surface area contributed by atoms with Crippen LogP contribution in [0.25, 0.3) is 0 Å². The van der Waals surface area contributed by atoms with E-state index in [4.69, 9.17) is 5.73 Å². The van der Waals surface area contributed by atoms with Crippen LogP contribution in [-0.4, -0.2) is 21.7 Å². The maximum Gasteiger partial charge on any atom is 0.227 e. The number of aromatic nitrogens is 2. The molecule has 0 saturated carbocycles. The number of aryl methyl sites for hydroxylation is 1. The van der Waals surface area contributed by atoms with Crippen LogP contribution in [0, 0.1) is 0 Å². The third kappa shape index (κ3) is 3.25. The van der Waals surface area contributed by atoms with E-state index < -0.39 is 0 Å². The first-order valence-electron chi connectivity index (χ1n) is 4.13. The summed E-state index contributed by atoms with van der Waals surface area (Å²) in [7, 11) is 1.79. The van der Waals surface area contributed by atoms with Crippen LogP contribution in [0.3, 0.4) is 0 Å². The second kappa shape index (κ2) is 4.04. The fraction of sp³-hybridized carbons (Fsp3) is 0.500. The van der Waals surface area contributed by atoms with Crippen molar-refractivity contribution in [3.63, 3.8) is 0 Å². The fourth-order valence-electron chi connectivity index (χ4n) is 0.968. The van der Waals surface area contributed by atoms with Gasteiger partial charge in [0.2, 0.25) is 5.91 Å². The van der Waals surface area contributed by atoms with Crippen LogP contribution in [0.5, 0.6) is 0 Å². The maximum atomic E-state index is 11.2. The van der Waals surface area contributed by atoms with Crippen LogP contribution >= 0.6 is 0 Å². The number of anilines is 1. The zero-order valence-electron chi connectivity index (χ0n) is 7.82. The average molecular weight is 182 g/mol. The van der Waals surface area contributed by atoms with Crippen molar-refractivity contribution in [2.24, 2.45) is 12.8 Å². The third-order valence-electron chi connectivity index (χ3n) is 1.49. The Kier molecular flexibility index (Phi) is 3.02. The molecule has 0 spiro atoms. The number of nitrogens with zero attached hydrogens (tertiary/aromatic N) is 2. The van der Waals surface area contributed by atoms with Crippen molar-refractivity contribution < 1.29 is 4.79 Å². The van der Waals surface area contributed by atoms with Crippen molar-refractivity contribution in [3.05, 3.63) is 12.3 Å². The molecule has 0 aliphatic rings. The SMILES string of the molecule is CC(N)CC(=O)Nc1ccn(C)n1. The largest absolute Gasteiger partial charge is 0.327 e. The van der Waals surface area contributed by atoms with Crippen LogP contribution in [0.1, 0.15) is 13.3 Å². The fourth-order valence-corrected chi connectivity index (χ4v) is 0.968. The minimum atomic E-state index is -0.122. The quantitative estimate of drug-likeness (QED) is 0.696. The highest BCUT2D eigenvalue weighted by Gasteiger charge is 2.06. The highest BCUT2D eigenvalue weighted by molar-refractivity contribution is 5.89. The Bertz CT molecular complexity index is 292. The predicted octanol–water partition coefficient (Wildman–Crippen LogP) is 0.0959. The zero-order valence-corrected chi connectivity index (χ0v) is 7.82. The highest BCUT2D eigenvalue weighted by atomic mass is 16.1. The number of nitrogens with one attached hydrogen (secondary N) is 1. The molecule has 1 aromatic heterocycles. The van der Waals surface area contributed by atoms with Crippen LogP contribution in [0.4, 0.5) is 5.82 Å². The molecular formula is C8H14N4O. The molecule has 1 aromatic rings. The molecule has 13 heavy (non-hydrogen) atoms. The Morgan fingerprint density at radius 1 is 1.85 bits per heavy atom. The Balaban J connectivity index is 2.45. The summed E-state index contributed by atoms with van der Waals surface area (Å²) in [6, 6.07) is 1.61. The molecule has 1 amide bonds. The lowest BCUT2D eigenvalue weighted by Crippen LogP contribution is -2.24. The summed E-state index contributed by atoms with van der Waals surface area (Å²) in [6.45, 7) is 1.79. The molecule has 0 radical (unpaired) electrons. The first-order valence-corrected chi connectivity index (χ1v) is 4.13. The molecule has 1 atom stereocenters. The molecule has 0 saturated heterocycles. The van der Waals surface area contributed by atoms with Gasteiger partial charge in [-0.05, 0) is 6.92 Å². The maximum absolute atomic E-state index is 11.2. The van der Waals surface area contributed by atoms with Gasteiger partial charge >= 0.3 is 0 Å². The van der Waals surface area contributed by atoms with E-state index in [1.807, 2.05) is 0 Å². The summed E-state index contributed by atoms with van der Waals surface area (Å²) in [5.74, 6) is 0.460. The number of rotatable bonds is 3. The Morgan fingerprint density at radius 2 is 2.54 bits per heavy atom. The summed E-state index contributed by atoms with van der Waals surface area (Å²) < 4.78 is 1.63. The number of hydrogen-bond donors (Lipinski definition) is 2. The lowest BCUT2D eigenvalue weighted by molar-refractivity contribution is -0.116. The molecule has 72 valence electrons. The van der Waals surface area contributed by atoms with E-state index in [1.165, 1.54) is 0 Å². The molecule has 0 bridgehead atoms. The lowest BCUT2D eigenvalue weighted by atomic mass is 10.2. The van der Waals surface area contributed by atoms with E-state index >= 15 is 0 Å². The summed E-state index contributed by atoms with van der Waals surface area (Å²) in [5.41, 5.74) is 5.47. The van der Waals surface area contributed by atoms with Crippen molar-refractivity contribution in [2.45, 2.75) is 19.4 Å². The van der Waals surface area contributed by atoms with Gasteiger partial charge in [0.25, 0.3) is 0 Å². The number of hydrogen-bond acceptors (Lipinski definition) is 3. The lowest BCUT2D eigenvalue weighted by Gasteiger charge is -2.03. The monoisotopic (exact) mass is 182 g/mol. The molecule has 0 aromatic carbocycles. The van der Waals surface area contributed by atoms with E-state index in [-0.39, 0.29) is 11.9 Å². The smallest absolute Gasteiger partial charge is 0.227 e. The molecule has 0 fully saturated rings. The Morgan fingerprint density at radius 3 is 3.00 bits per heavy atom. The molecule has 1 heterocycles. The first kappa shape index (κ1) is 9.73. The van der Waals surface area contributed by atoms with E-state index in [1.54, 1.807) is 30.9 Å². The van der Waals surface area contributed by atoms with Crippen molar-refractivity contribution in [2.75, 3.05) is 5.32 Å². The average Bonchev–Trinajstić information content (AvgIpc) is 2.33. The van der Waals surface area contributed by atoms with Gasteiger partial charge in [-0.1, -0.05) is 0 Å². The van der Waals surface area contributed by atoms with E-state index in [2.05, 4.69) is 10.4 Å². The highest BCUT2D eigenvalue weighted by Crippen LogP contribution is 2.01. The summed E-state index contributed by atoms with van der Waals surface area (Å²) >= 11 is 0. The molecule has 0 aliphatic heterocycles. The first-order chi connectivity index (χ1) is 6.08.